The summed E-state index contributed by atoms with van der Waals surface area (Å²) >= 11 is 0. The number of esters is 1. The Morgan fingerprint density at radius 1 is 1.28 bits per heavy atom. The summed E-state index contributed by atoms with van der Waals surface area (Å²) in [5.41, 5.74) is 2.83. The zero-order valence-electron chi connectivity index (χ0n) is 18.0. The minimum atomic E-state index is -0.408. The average Bonchev–Trinajstić information content (AvgIpc) is 3.55. The number of nitrogens with zero attached hydrogens (tertiary/aromatic N) is 3. The molecule has 0 N–H and O–H groups in total. The molecule has 2 atom stereocenters. The van der Waals surface area contributed by atoms with Gasteiger partial charge in [0.25, 0.3) is 0 Å². The fourth-order valence-corrected chi connectivity index (χ4v) is 4.57. The Labute approximate surface area is 185 Å². The van der Waals surface area contributed by atoms with Crippen molar-refractivity contribution < 1.29 is 23.4 Å². The van der Waals surface area contributed by atoms with Crippen LogP contribution >= 0.6 is 0 Å². The zero-order chi connectivity index (χ0) is 22.1. The van der Waals surface area contributed by atoms with E-state index in [1.54, 1.807) is 23.5 Å². The van der Waals surface area contributed by atoms with Crippen LogP contribution in [0.1, 0.15) is 48.3 Å². The van der Waals surface area contributed by atoms with E-state index in [-0.39, 0.29) is 18.0 Å². The first-order valence-corrected chi connectivity index (χ1v) is 11.1. The quantitative estimate of drug-likeness (QED) is 0.538. The average molecular weight is 439 g/mol. The van der Waals surface area contributed by atoms with Crippen molar-refractivity contribution in [2.45, 2.75) is 38.3 Å². The van der Waals surface area contributed by atoms with Crippen LogP contribution in [0.3, 0.4) is 0 Å². The van der Waals surface area contributed by atoms with Crippen molar-refractivity contribution in [1.82, 2.24) is 9.38 Å². The van der Waals surface area contributed by atoms with Crippen LogP contribution in [0.5, 0.6) is 5.75 Å². The molecule has 5 rings (SSSR count). The van der Waals surface area contributed by atoms with Crippen molar-refractivity contribution in [3.8, 4) is 5.75 Å². The molecule has 1 aromatic carbocycles. The van der Waals surface area contributed by atoms with Gasteiger partial charge in [-0.15, -0.1) is 0 Å². The summed E-state index contributed by atoms with van der Waals surface area (Å²) in [5, 5.41) is 0. The number of carbonyl (C=O) groups excluding carboxylic acids is 1. The summed E-state index contributed by atoms with van der Waals surface area (Å²) in [6.07, 6.45) is 6.11. The molecule has 2 aliphatic heterocycles. The molecule has 0 spiro atoms. The number of fused-ring (bicyclic) bond motifs is 1. The summed E-state index contributed by atoms with van der Waals surface area (Å²) < 4.78 is 32.8. The molecular weight excluding hydrogens is 413 g/mol. The molecule has 2 aliphatic rings. The van der Waals surface area contributed by atoms with Crippen molar-refractivity contribution >= 4 is 17.3 Å². The monoisotopic (exact) mass is 439 g/mol. The highest BCUT2D eigenvalue weighted by molar-refractivity contribution is 5.88. The first-order valence-electron chi connectivity index (χ1n) is 11.1. The molecule has 4 heterocycles. The third-order valence-corrected chi connectivity index (χ3v) is 6.07. The molecular formula is C24H26FN3O4. The van der Waals surface area contributed by atoms with Gasteiger partial charge in [-0.3, -0.25) is 4.40 Å². The van der Waals surface area contributed by atoms with Gasteiger partial charge in [0.05, 0.1) is 37.7 Å². The molecule has 2 unspecified atom stereocenters. The Morgan fingerprint density at radius 2 is 2.19 bits per heavy atom. The molecule has 0 saturated carbocycles. The molecule has 2 aromatic heterocycles. The summed E-state index contributed by atoms with van der Waals surface area (Å²) in [4.78, 5) is 18.9. The number of aromatic nitrogens is 2. The van der Waals surface area contributed by atoms with Gasteiger partial charge in [-0.25, -0.2) is 14.2 Å². The number of carbonyl (C=O) groups is 1. The van der Waals surface area contributed by atoms with Gasteiger partial charge in [-0.05, 0) is 50.1 Å². The van der Waals surface area contributed by atoms with E-state index in [2.05, 4.69) is 9.88 Å². The molecule has 7 nitrogen and oxygen atoms in total. The van der Waals surface area contributed by atoms with Crippen molar-refractivity contribution in [2.75, 3.05) is 31.3 Å². The Kier molecular flexibility index (Phi) is 5.70. The van der Waals surface area contributed by atoms with Crippen LogP contribution < -0.4 is 9.64 Å². The van der Waals surface area contributed by atoms with Crippen LogP contribution in [0.25, 0.3) is 5.65 Å². The molecule has 2 fully saturated rings. The topological polar surface area (TPSA) is 65.3 Å². The molecule has 0 bridgehead atoms. The van der Waals surface area contributed by atoms with Crippen LogP contribution in [0.2, 0.25) is 0 Å². The number of ether oxygens (including phenoxy) is 3. The number of halogens is 1. The maximum atomic E-state index is 14.3. The SMILES string of the molecule is CCOC(=O)c1cnc2ccc(N3CCCC3c3cc(F)ccc3OC3CCOC3)cn12. The van der Waals surface area contributed by atoms with Crippen molar-refractivity contribution in [1.29, 1.82) is 0 Å². The Hall–Kier alpha value is -3.13. The van der Waals surface area contributed by atoms with Gasteiger partial charge in [0, 0.05) is 24.7 Å². The van der Waals surface area contributed by atoms with Crippen LogP contribution in [-0.2, 0) is 9.47 Å². The number of anilines is 1. The Morgan fingerprint density at radius 3 is 3.00 bits per heavy atom. The van der Waals surface area contributed by atoms with E-state index in [0.717, 1.165) is 37.1 Å². The molecule has 32 heavy (non-hydrogen) atoms. The lowest BCUT2D eigenvalue weighted by molar-refractivity contribution is 0.0518. The summed E-state index contributed by atoms with van der Waals surface area (Å²) in [6, 6.07) is 8.57. The van der Waals surface area contributed by atoms with Crippen molar-refractivity contribution in [2.24, 2.45) is 0 Å². The van der Waals surface area contributed by atoms with E-state index in [1.807, 2.05) is 18.3 Å². The number of hydrogen-bond donors (Lipinski definition) is 0. The maximum Gasteiger partial charge on any atom is 0.356 e. The van der Waals surface area contributed by atoms with Crippen LogP contribution in [-0.4, -0.2) is 47.8 Å². The summed E-state index contributed by atoms with van der Waals surface area (Å²) in [7, 11) is 0. The number of benzene rings is 1. The van der Waals surface area contributed by atoms with Crippen molar-refractivity contribution in [3.63, 3.8) is 0 Å². The highest BCUT2D eigenvalue weighted by Gasteiger charge is 2.31. The van der Waals surface area contributed by atoms with Crippen LogP contribution in [0.4, 0.5) is 10.1 Å². The largest absolute Gasteiger partial charge is 0.488 e. The lowest BCUT2D eigenvalue weighted by Gasteiger charge is -2.29. The third-order valence-electron chi connectivity index (χ3n) is 6.07. The Bertz CT molecular complexity index is 1130. The highest BCUT2D eigenvalue weighted by atomic mass is 19.1. The Balaban J connectivity index is 1.49. The summed E-state index contributed by atoms with van der Waals surface area (Å²) in [6.45, 7) is 4.14. The summed E-state index contributed by atoms with van der Waals surface area (Å²) in [5.74, 6) is 0.0148. The van der Waals surface area contributed by atoms with Gasteiger partial charge in [-0.1, -0.05) is 0 Å². The van der Waals surface area contributed by atoms with E-state index >= 15 is 0 Å². The fourth-order valence-electron chi connectivity index (χ4n) is 4.57. The minimum Gasteiger partial charge on any atom is -0.488 e. The van der Waals surface area contributed by atoms with Gasteiger partial charge >= 0.3 is 5.97 Å². The van der Waals surface area contributed by atoms with Gasteiger partial charge in [0.15, 0.2) is 5.69 Å². The van der Waals surface area contributed by atoms with Gasteiger partial charge in [-0.2, -0.15) is 0 Å². The standard InChI is InChI=1S/C24H26FN3O4/c1-2-31-24(29)21-13-26-23-8-6-17(14-28(21)23)27-10-3-4-20(27)19-12-16(25)5-7-22(19)32-18-9-11-30-15-18/h5-8,12-14,18,20H,2-4,9-11,15H2,1H3. The normalized spacial score (nSPS) is 20.8. The lowest BCUT2D eigenvalue weighted by atomic mass is 10.0. The minimum absolute atomic E-state index is 0.0106. The number of hydrogen-bond acceptors (Lipinski definition) is 6. The highest BCUT2D eigenvalue weighted by Crippen LogP contribution is 2.41. The second-order valence-electron chi connectivity index (χ2n) is 8.12. The van der Waals surface area contributed by atoms with E-state index < -0.39 is 5.97 Å². The smallest absolute Gasteiger partial charge is 0.356 e. The van der Waals surface area contributed by atoms with Crippen LogP contribution in [0.15, 0.2) is 42.7 Å². The van der Waals surface area contributed by atoms with Crippen LogP contribution in [0, 0.1) is 5.82 Å². The van der Waals surface area contributed by atoms with E-state index in [9.17, 15) is 9.18 Å². The molecule has 0 radical (unpaired) electrons. The first-order chi connectivity index (χ1) is 15.6. The predicted molar refractivity (Wildman–Crippen MR) is 117 cm³/mol. The van der Waals surface area contributed by atoms with E-state index in [4.69, 9.17) is 14.2 Å². The maximum absolute atomic E-state index is 14.3. The second-order valence-corrected chi connectivity index (χ2v) is 8.12. The number of rotatable bonds is 6. The van der Waals surface area contributed by atoms with E-state index in [1.165, 1.54) is 12.3 Å². The molecule has 8 heteroatoms. The third kappa shape index (κ3) is 3.90. The lowest BCUT2D eigenvalue weighted by Crippen LogP contribution is -2.25. The zero-order valence-corrected chi connectivity index (χ0v) is 18.0. The molecule has 0 aliphatic carbocycles. The molecule has 2 saturated heterocycles. The molecule has 3 aromatic rings. The number of pyridine rings is 1. The number of imidazole rings is 1. The van der Waals surface area contributed by atoms with Gasteiger partial charge in [0.1, 0.15) is 23.3 Å². The fraction of sp³-hybridized carbons (Fsp3) is 0.417. The molecule has 0 amide bonds. The molecule has 168 valence electrons. The van der Waals surface area contributed by atoms with Gasteiger partial charge < -0.3 is 19.1 Å². The van der Waals surface area contributed by atoms with Crippen molar-refractivity contribution in [3.05, 3.63) is 59.8 Å². The first kappa shape index (κ1) is 20.8. The predicted octanol–water partition coefficient (Wildman–Crippen LogP) is 4.16. The van der Waals surface area contributed by atoms with E-state index in [0.29, 0.717) is 36.9 Å². The second kappa shape index (κ2) is 8.78. The van der Waals surface area contributed by atoms with Gasteiger partial charge in [0.2, 0.25) is 0 Å².